The van der Waals surface area contributed by atoms with Crippen LogP contribution in [0.5, 0.6) is 0 Å². The van der Waals surface area contributed by atoms with Gasteiger partial charge in [0.05, 0.1) is 12.7 Å². The molecule has 0 aliphatic carbocycles. The van der Waals surface area contributed by atoms with Crippen molar-refractivity contribution in [3.8, 4) is 0 Å². The Labute approximate surface area is 77.9 Å². The number of ether oxygens (including phenoxy) is 2. The molecule has 0 amide bonds. The summed E-state index contributed by atoms with van der Waals surface area (Å²) >= 11 is 0. The fourth-order valence-electron chi connectivity index (χ4n) is 0.788. The van der Waals surface area contributed by atoms with E-state index in [4.69, 9.17) is 9.47 Å². The lowest BCUT2D eigenvalue weighted by molar-refractivity contribution is -0.138. The van der Waals surface area contributed by atoms with Gasteiger partial charge in [-0.1, -0.05) is 6.58 Å². The quantitative estimate of drug-likeness (QED) is 0.276. The number of nitrogens with one attached hydrogen (secondary N) is 1. The minimum absolute atomic E-state index is 0.329. The summed E-state index contributed by atoms with van der Waals surface area (Å²) in [5.41, 5.74) is 0.436. The van der Waals surface area contributed by atoms with E-state index in [9.17, 15) is 4.79 Å². The van der Waals surface area contributed by atoms with Gasteiger partial charge in [-0.2, -0.15) is 0 Å². The number of carbonyl (C=O) groups is 1. The Morgan fingerprint density at radius 3 is 3.00 bits per heavy atom. The highest BCUT2D eigenvalue weighted by atomic mass is 16.6. The molecule has 0 aromatic heterocycles. The Morgan fingerprint density at radius 1 is 1.77 bits per heavy atom. The number of hydrogen-bond donors (Lipinski definition) is 1. The maximum Gasteiger partial charge on any atom is 0.333 e. The second-order valence-electron chi connectivity index (χ2n) is 3.08. The Morgan fingerprint density at radius 2 is 2.46 bits per heavy atom. The van der Waals surface area contributed by atoms with Crippen molar-refractivity contribution in [3.05, 3.63) is 12.2 Å². The van der Waals surface area contributed by atoms with Crippen molar-refractivity contribution in [2.45, 2.75) is 13.0 Å². The van der Waals surface area contributed by atoms with Gasteiger partial charge in [0.1, 0.15) is 6.61 Å². The Kier molecular flexibility index (Phi) is 3.92. The topological polar surface area (TPSA) is 50.9 Å². The molecule has 1 aliphatic rings. The molecule has 0 bridgehead atoms. The normalized spacial score (nSPS) is 19.6. The third kappa shape index (κ3) is 4.65. The van der Waals surface area contributed by atoms with Crippen molar-refractivity contribution >= 4 is 5.97 Å². The molecule has 0 radical (unpaired) electrons. The number of epoxide rings is 1. The Hall–Kier alpha value is -0.870. The lowest BCUT2D eigenvalue weighted by Gasteiger charge is -2.04. The monoisotopic (exact) mass is 185 g/mol. The minimum Gasteiger partial charge on any atom is -0.461 e. The SMILES string of the molecule is C=C(C)C(=O)OCCNCC1CO1. The van der Waals surface area contributed by atoms with E-state index in [0.29, 0.717) is 24.8 Å². The van der Waals surface area contributed by atoms with Gasteiger partial charge < -0.3 is 14.8 Å². The molecule has 0 saturated carbocycles. The first-order valence-corrected chi connectivity index (χ1v) is 4.35. The lowest BCUT2D eigenvalue weighted by Crippen LogP contribution is -2.25. The van der Waals surface area contributed by atoms with Gasteiger partial charge >= 0.3 is 5.97 Å². The van der Waals surface area contributed by atoms with Gasteiger partial charge in [0.25, 0.3) is 0 Å². The molecular weight excluding hydrogens is 170 g/mol. The molecule has 4 heteroatoms. The number of rotatable bonds is 6. The molecule has 1 unspecified atom stereocenters. The smallest absolute Gasteiger partial charge is 0.333 e. The molecule has 1 aliphatic heterocycles. The molecule has 74 valence electrons. The lowest BCUT2D eigenvalue weighted by atomic mass is 10.4. The molecule has 1 atom stereocenters. The van der Waals surface area contributed by atoms with E-state index in [-0.39, 0.29) is 5.97 Å². The van der Waals surface area contributed by atoms with E-state index in [1.54, 1.807) is 6.92 Å². The van der Waals surface area contributed by atoms with Crippen molar-refractivity contribution in [2.75, 3.05) is 26.3 Å². The molecular formula is C9H15NO3. The third-order valence-corrected chi connectivity index (χ3v) is 1.63. The van der Waals surface area contributed by atoms with Crippen LogP contribution < -0.4 is 5.32 Å². The molecule has 13 heavy (non-hydrogen) atoms. The van der Waals surface area contributed by atoms with Crippen molar-refractivity contribution in [3.63, 3.8) is 0 Å². The highest BCUT2D eigenvalue weighted by molar-refractivity contribution is 5.86. The maximum absolute atomic E-state index is 10.9. The van der Waals surface area contributed by atoms with Crippen LogP contribution >= 0.6 is 0 Å². The number of hydrogen-bond acceptors (Lipinski definition) is 4. The zero-order valence-corrected chi connectivity index (χ0v) is 7.84. The average Bonchev–Trinajstić information content (AvgIpc) is 2.87. The Bertz CT molecular complexity index is 199. The molecule has 1 rings (SSSR count). The first-order chi connectivity index (χ1) is 6.20. The van der Waals surface area contributed by atoms with E-state index in [1.807, 2.05) is 0 Å². The van der Waals surface area contributed by atoms with Gasteiger partial charge in [0.15, 0.2) is 0 Å². The maximum atomic E-state index is 10.9. The summed E-state index contributed by atoms with van der Waals surface area (Å²) in [5.74, 6) is -0.329. The summed E-state index contributed by atoms with van der Waals surface area (Å²) in [6.07, 6.45) is 0.372. The fourth-order valence-corrected chi connectivity index (χ4v) is 0.788. The van der Waals surface area contributed by atoms with Crippen molar-refractivity contribution < 1.29 is 14.3 Å². The second-order valence-corrected chi connectivity index (χ2v) is 3.08. The van der Waals surface area contributed by atoms with Crippen molar-refractivity contribution in [2.24, 2.45) is 0 Å². The van der Waals surface area contributed by atoms with Crippen LogP contribution in [0.15, 0.2) is 12.2 Å². The van der Waals surface area contributed by atoms with E-state index < -0.39 is 0 Å². The molecule has 1 fully saturated rings. The molecule has 0 spiro atoms. The van der Waals surface area contributed by atoms with Crippen molar-refractivity contribution in [1.29, 1.82) is 0 Å². The van der Waals surface area contributed by atoms with Crippen LogP contribution in [0.3, 0.4) is 0 Å². The van der Waals surface area contributed by atoms with Crippen molar-refractivity contribution in [1.82, 2.24) is 5.32 Å². The van der Waals surface area contributed by atoms with Gasteiger partial charge in [0.2, 0.25) is 0 Å². The van der Waals surface area contributed by atoms with Crippen LogP contribution in [-0.4, -0.2) is 38.4 Å². The van der Waals surface area contributed by atoms with Gasteiger partial charge in [-0.25, -0.2) is 4.79 Å². The molecule has 1 saturated heterocycles. The van der Waals surface area contributed by atoms with Crippen LogP contribution in [0.4, 0.5) is 0 Å². The molecule has 1 heterocycles. The van der Waals surface area contributed by atoms with E-state index in [2.05, 4.69) is 11.9 Å². The van der Waals surface area contributed by atoms with Gasteiger partial charge in [-0.15, -0.1) is 0 Å². The summed E-state index contributed by atoms with van der Waals surface area (Å²) in [4.78, 5) is 10.9. The number of esters is 1. The van der Waals surface area contributed by atoms with Crippen LogP contribution in [-0.2, 0) is 14.3 Å². The standard InChI is InChI=1S/C9H15NO3/c1-7(2)9(11)12-4-3-10-5-8-6-13-8/h8,10H,1,3-6H2,2H3. The summed E-state index contributed by atoms with van der Waals surface area (Å²) in [6.45, 7) is 7.85. The fraction of sp³-hybridized carbons (Fsp3) is 0.667. The van der Waals surface area contributed by atoms with Gasteiger partial charge in [0, 0.05) is 18.7 Å². The van der Waals surface area contributed by atoms with E-state index in [0.717, 1.165) is 13.2 Å². The second kappa shape index (κ2) is 4.99. The van der Waals surface area contributed by atoms with E-state index in [1.165, 1.54) is 0 Å². The molecule has 0 aromatic carbocycles. The molecule has 4 nitrogen and oxygen atoms in total. The highest BCUT2D eigenvalue weighted by Crippen LogP contribution is 2.05. The summed E-state index contributed by atoms with van der Waals surface area (Å²) < 4.78 is 9.85. The third-order valence-electron chi connectivity index (χ3n) is 1.63. The summed E-state index contributed by atoms with van der Waals surface area (Å²) in [5, 5.41) is 3.11. The molecule has 1 N–H and O–H groups in total. The first-order valence-electron chi connectivity index (χ1n) is 4.35. The van der Waals surface area contributed by atoms with Crippen LogP contribution in [0.1, 0.15) is 6.92 Å². The Balaban J connectivity index is 1.87. The summed E-state index contributed by atoms with van der Waals surface area (Å²) in [7, 11) is 0. The zero-order chi connectivity index (χ0) is 9.68. The predicted molar refractivity (Wildman–Crippen MR) is 48.4 cm³/mol. The largest absolute Gasteiger partial charge is 0.461 e. The highest BCUT2D eigenvalue weighted by Gasteiger charge is 2.21. The van der Waals surface area contributed by atoms with Crippen LogP contribution in [0.2, 0.25) is 0 Å². The minimum atomic E-state index is -0.329. The summed E-state index contributed by atoms with van der Waals surface area (Å²) in [6, 6.07) is 0. The number of carbonyl (C=O) groups excluding carboxylic acids is 1. The first kappa shape index (κ1) is 10.2. The van der Waals surface area contributed by atoms with E-state index >= 15 is 0 Å². The van der Waals surface area contributed by atoms with Crippen LogP contribution in [0, 0.1) is 0 Å². The average molecular weight is 185 g/mol. The van der Waals surface area contributed by atoms with Gasteiger partial charge in [-0.3, -0.25) is 0 Å². The predicted octanol–water partition coefficient (Wildman–Crippen LogP) is 0.0941. The van der Waals surface area contributed by atoms with Crippen LogP contribution in [0.25, 0.3) is 0 Å². The molecule has 0 aromatic rings. The zero-order valence-electron chi connectivity index (χ0n) is 7.84. The van der Waals surface area contributed by atoms with Gasteiger partial charge in [-0.05, 0) is 6.92 Å².